The van der Waals surface area contributed by atoms with E-state index in [-0.39, 0.29) is 18.4 Å². The van der Waals surface area contributed by atoms with E-state index >= 15 is 0 Å². The summed E-state index contributed by atoms with van der Waals surface area (Å²) in [6, 6.07) is 13.3. The van der Waals surface area contributed by atoms with Crippen molar-refractivity contribution >= 4 is 17.7 Å². The highest BCUT2D eigenvalue weighted by atomic mass is 16.6. The van der Waals surface area contributed by atoms with Gasteiger partial charge in [0.15, 0.2) is 6.10 Å². The summed E-state index contributed by atoms with van der Waals surface area (Å²) < 4.78 is 17.5. The van der Waals surface area contributed by atoms with Crippen LogP contribution >= 0.6 is 0 Å². The van der Waals surface area contributed by atoms with Gasteiger partial charge >= 0.3 is 6.09 Å². The average molecular weight is 484 g/mol. The molecule has 0 aromatic heterocycles. The van der Waals surface area contributed by atoms with Crippen LogP contribution in [0.1, 0.15) is 51.0 Å². The summed E-state index contributed by atoms with van der Waals surface area (Å²) in [5, 5.41) is 2.79. The van der Waals surface area contributed by atoms with Crippen LogP contribution in [0.5, 0.6) is 11.5 Å². The molecule has 35 heavy (non-hydrogen) atoms. The molecule has 0 saturated heterocycles. The molecule has 8 nitrogen and oxygen atoms in total. The molecule has 1 N–H and O–H groups in total. The van der Waals surface area contributed by atoms with Gasteiger partial charge in [0.05, 0.1) is 12.7 Å². The normalized spacial score (nSPS) is 17.3. The molecule has 0 bridgehead atoms. The average Bonchev–Trinajstić information content (AvgIpc) is 2.94. The second-order valence-corrected chi connectivity index (χ2v) is 9.25. The van der Waals surface area contributed by atoms with Crippen LogP contribution in [0, 0.1) is 5.92 Å². The van der Waals surface area contributed by atoms with Crippen molar-refractivity contribution in [2.24, 2.45) is 5.92 Å². The third kappa shape index (κ3) is 6.38. The number of benzene rings is 2. The van der Waals surface area contributed by atoms with E-state index in [4.69, 9.17) is 14.2 Å². The molecule has 0 aliphatic carbocycles. The van der Waals surface area contributed by atoms with Crippen LogP contribution < -0.4 is 19.7 Å². The molecule has 2 aromatic carbocycles. The molecule has 3 rings (SSSR count). The number of alkyl carbamates (subject to hydrolysis) is 1. The maximum Gasteiger partial charge on any atom is 0.409 e. The number of ether oxygens (including phenoxy) is 3. The number of unbranched alkanes of at least 4 members (excludes halogenated alkanes) is 1. The highest BCUT2D eigenvalue weighted by Crippen LogP contribution is 2.39. The minimum Gasteiger partial charge on any atom is -0.497 e. The van der Waals surface area contributed by atoms with Gasteiger partial charge in [0, 0.05) is 38.9 Å². The zero-order valence-corrected chi connectivity index (χ0v) is 21.5. The molecule has 0 spiro atoms. The summed E-state index contributed by atoms with van der Waals surface area (Å²) in [6.07, 6.45) is -0.480. The Labute approximate surface area is 208 Å². The van der Waals surface area contributed by atoms with Crippen LogP contribution in [-0.4, -0.2) is 50.8 Å². The Balaban J connectivity index is 2.02. The molecule has 2 aromatic rings. The number of methoxy groups -OCH3 is 1. The van der Waals surface area contributed by atoms with Gasteiger partial charge in [-0.2, -0.15) is 0 Å². The van der Waals surface area contributed by atoms with Gasteiger partial charge in [-0.25, -0.2) is 4.79 Å². The van der Waals surface area contributed by atoms with Crippen molar-refractivity contribution in [3.63, 3.8) is 0 Å². The molecule has 0 radical (unpaired) electrons. The topological polar surface area (TPSA) is 80.3 Å². The van der Waals surface area contributed by atoms with Crippen LogP contribution in [0.2, 0.25) is 0 Å². The summed E-state index contributed by atoms with van der Waals surface area (Å²) in [5.74, 6) is 0.723. The van der Waals surface area contributed by atoms with Gasteiger partial charge in [-0.3, -0.25) is 9.69 Å². The first-order chi connectivity index (χ1) is 16.7. The number of nitrogens with one attached hydrogen (secondary N) is 1. The maximum atomic E-state index is 13.8. The Hall–Kier alpha value is -3.42. The van der Waals surface area contributed by atoms with Crippen molar-refractivity contribution in [3.8, 4) is 11.5 Å². The lowest BCUT2D eigenvalue weighted by Gasteiger charge is -2.31. The zero-order valence-electron chi connectivity index (χ0n) is 21.5. The first kappa shape index (κ1) is 26.2. The van der Waals surface area contributed by atoms with E-state index in [1.165, 1.54) is 0 Å². The summed E-state index contributed by atoms with van der Waals surface area (Å²) in [7, 11) is 5.52. The number of fused-ring (bicyclic) bond motifs is 1. The summed E-state index contributed by atoms with van der Waals surface area (Å²) in [4.78, 5) is 30.1. The molecule has 0 fully saturated rings. The lowest BCUT2D eigenvalue weighted by atomic mass is 10.1. The van der Waals surface area contributed by atoms with Gasteiger partial charge in [-0.15, -0.1) is 0 Å². The zero-order chi connectivity index (χ0) is 25.5. The smallest absolute Gasteiger partial charge is 0.409 e. The summed E-state index contributed by atoms with van der Waals surface area (Å²) in [5.41, 5.74) is 2.57. The van der Waals surface area contributed by atoms with Crippen LogP contribution in [0.4, 0.5) is 10.5 Å². The fraction of sp³-hybridized carbons (Fsp3) is 0.481. The standard InChI is InChI=1S/C27H37N3O5/c1-7-8-15-28-27(32)35-26-22-14-13-21(33-6)16-23(22)34-24(18(2)3)25(31)30(26)17-19-9-11-20(12-10-19)29(4)5/h9-14,16,18,24,26H,7-8,15,17H2,1-6H3,(H,28,32). The van der Waals surface area contributed by atoms with Crippen molar-refractivity contribution in [1.82, 2.24) is 10.2 Å². The van der Waals surface area contributed by atoms with Gasteiger partial charge in [-0.05, 0) is 42.2 Å². The lowest BCUT2D eigenvalue weighted by Crippen LogP contribution is -2.45. The van der Waals surface area contributed by atoms with Crippen LogP contribution in [0.25, 0.3) is 0 Å². The second-order valence-electron chi connectivity index (χ2n) is 9.25. The quantitative estimate of drug-likeness (QED) is 0.520. The number of carbonyl (C=O) groups is 2. The van der Waals surface area contributed by atoms with Crippen molar-refractivity contribution in [1.29, 1.82) is 0 Å². The molecule has 0 saturated carbocycles. The van der Waals surface area contributed by atoms with Gasteiger partial charge in [0.2, 0.25) is 6.23 Å². The molecular weight excluding hydrogens is 446 g/mol. The molecule has 8 heteroatoms. The lowest BCUT2D eigenvalue weighted by molar-refractivity contribution is -0.150. The predicted molar refractivity (Wildman–Crippen MR) is 136 cm³/mol. The highest BCUT2D eigenvalue weighted by Gasteiger charge is 2.41. The van der Waals surface area contributed by atoms with Crippen molar-refractivity contribution in [3.05, 3.63) is 53.6 Å². The van der Waals surface area contributed by atoms with E-state index in [1.54, 1.807) is 30.2 Å². The minimum absolute atomic E-state index is 0.0997. The first-order valence-corrected chi connectivity index (χ1v) is 12.1. The van der Waals surface area contributed by atoms with E-state index in [2.05, 4.69) is 5.32 Å². The Morgan fingerprint density at radius 1 is 1.17 bits per heavy atom. The number of amides is 2. The van der Waals surface area contributed by atoms with Crippen LogP contribution in [-0.2, 0) is 16.1 Å². The van der Waals surface area contributed by atoms with Gasteiger partial charge in [-0.1, -0.05) is 39.3 Å². The predicted octanol–water partition coefficient (Wildman–Crippen LogP) is 4.73. The molecule has 2 unspecified atom stereocenters. The van der Waals surface area contributed by atoms with E-state index in [1.807, 2.05) is 64.0 Å². The fourth-order valence-electron chi connectivity index (χ4n) is 3.90. The molecule has 1 aliphatic heterocycles. The Kier molecular flexibility index (Phi) is 8.84. The number of hydrogen-bond donors (Lipinski definition) is 1. The van der Waals surface area contributed by atoms with Crippen molar-refractivity contribution < 1.29 is 23.8 Å². The maximum absolute atomic E-state index is 13.8. The molecule has 2 amide bonds. The third-order valence-corrected chi connectivity index (χ3v) is 5.98. The van der Waals surface area contributed by atoms with E-state index in [9.17, 15) is 9.59 Å². The van der Waals surface area contributed by atoms with Gasteiger partial charge < -0.3 is 24.4 Å². The van der Waals surface area contributed by atoms with Gasteiger partial charge in [0.25, 0.3) is 5.91 Å². The molecular formula is C27H37N3O5. The van der Waals surface area contributed by atoms with E-state index < -0.39 is 18.4 Å². The molecule has 2 atom stereocenters. The third-order valence-electron chi connectivity index (χ3n) is 5.98. The van der Waals surface area contributed by atoms with Crippen LogP contribution in [0.3, 0.4) is 0 Å². The van der Waals surface area contributed by atoms with Crippen molar-refractivity contribution in [2.45, 2.75) is 52.5 Å². The monoisotopic (exact) mass is 483 g/mol. The molecule has 1 heterocycles. The van der Waals surface area contributed by atoms with Gasteiger partial charge in [0.1, 0.15) is 11.5 Å². The van der Waals surface area contributed by atoms with Crippen molar-refractivity contribution in [2.75, 3.05) is 32.6 Å². The number of rotatable bonds is 9. The summed E-state index contributed by atoms with van der Waals surface area (Å²) in [6.45, 7) is 6.68. The van der Waals surface area contributed by atoms with E-state index in [0.29, 0.717) is 23.6 Å². The number of anilines is 1. The number of nitrogens with zero attached hydrogens (tertiary/aromatic N) is 2. The number of carbonyl (C=O) groups excluding carboxylic acids is 2. The Morgan fingerprint density at radius 3 is 2.49 bits per heavy atom. The molecule has 190 valence electrons. The second kappa shape index (κ2) is 11.8. The SMILES string of the molecule is CCCCNC(=O)OC1c2ccc(OC)cc2OC(C(C)C)C(=O)N1Cc1ccc(N(C)C)cc1. The fourth-order valence-corrected chi connectivity index (χ4v) is 3.90. The highest BCUT2D eigenvalue weighted by molar-refractivity contribution is 5.83. The first-order valence-electron chi connectivity index (χ1n) is 12.1. The van der Waals surface area contributed by atoms with E-state index in [0.717, 1.165) is 24.1 Å². The Bertz CT molecular complexity index is 1010. The minimum atomic E-state index is -0.956. The Morgan fingerprint density at radius 2 is 1.89 bits per heavy atom. The molecule has 1 aliphatic rings. The van der Waals surface area contributed by atoms with Crippen LogP contribution in [0.15, 0.2) is 42.5 Å². The summed E-state index contributed by atoms with van der Waals surface area (Å²) >= 11 is 0. The largest absolute Gasteiger partial charge is 0.497 e. The number of hydrogen-bond acceptors (Lipinski definition) is 6.